The summed E-state index contributed by atoms with van der Waals surface area (Å²) in [7, 11) is 0. The fourth-order valence-corrected chi connectivity index (χ4v) is 11.0. The first kappa shape index (κ1) is 41.5. The molecule has 1 unspecified atom stereocenters. The fraction of sp³-hybridized carbons (Fsp3) is 0.907. The van der Waals surface area contributed by atoms with E-state index in [1.165, 1.54) is 64.2 Å². The van der Waals surface area contributed by atoms with Gasteiger partial charge in [-0.3, -0.25) is 9.59 Å². The molecule has 0 amide bonds. The molecule has 0 spiro atoms. The third kappa shape index (κ3) is 9.44. The first-order valence-electron chi connectivity index (χ1n) is 20.8. The number of ether oxygens (including phenoxy) is 1. The molecule has 0 saturated heterocycles. The monoisotopic (exact) mass is 703 g/mol. The summed E-state index contributed by atoms with van der Waals surface area (Å²) in [6, 6.07) is 0. The third-order valence-corrected chi connectivity index (χ3v) is 14.2. The van der Waals surface area contributed by atoms with Crippen LogP contribution >= 0.6 is 0 Å². The number of allylic oxidation sites excluding steroid dienone is 1. The first-order valence-corrected chi connectivity index (χ1v) is 20.8. The van der Waals surface area contributed by atoms with Gasteiger partial charge in [-0.2, -0.15) is 0 Å². The summed E-state index contributed by atoms with van der Waals surface area (Å²) in [6.07, 6.45) is 20.9. The van der Waals surface area contributed by atoms with E-state index < -0.39 is 34.2 Å². The summed E-state index contributed by atoms with van der Waals surface area (Å²) < 4.78 is 6.27. The Morgan fingerprint density at radius 3 is 2.06 bits per heavy atom. The lowest BCUT2D eigenvalue weighted by Crippen LogP contribution is -2.61. The maximum Gasteiger partial charge on any atom is 0.306 e. The van der Waals surface area contributed by atoms with E-state index in [0.29, 0.717) is 32.1 Å². The average molecular weight is 703 g/mol. The largest absolute Gasteiger partial charge is 0.462 e. The van der Waals surface area contributed by atoms with Crippen molar-refractivity contribution >= 4 is 11.8 Å². The van der Waals surface area contributed by atoms with Crippen LogP contribution in [0.5, 0.6) is 0 Å². The number of hydrogen-bond acceptors (Lipinski definition) is 7. The predicted molar refractivity (Wildman–Crippen MR) is 199 cm³/mol. The molecule has 0 heterocycles. The van der Waals surface area contributed by atoms with Crippen LogP contribution in [0.3, 0.4) is 0 Å². The third-order valence-electron chi connectivity index (χ3n) is 14.2. The van der Waals surface area contributed by atoms with Gasteiger partial charge < -0.3 is 25.2 Å². The number of esters is 1. The van der Waals surface area contributed by atoms with E-state index in [0.717, 1.165) is 44.1 Å². The fourth-order valence-electron chi connectivity index (χ4n) is 11.0. The van der Waals surface area contributed by atoms with Crippen LogP contribution in [0.15, 0.2) is 11.6 Å². The maximum atomic E-state index is 13.6. The zero-order valence-corrected chi connectivity index (χ0v) is 32.7. The Hall–Kier alpha value is -1.28. The Morgan fingerprint density at radius 2 is 1.48 bits per heavy atom. The average Bonchev–Trinajstić information content (AvgIpc) is 3.33. The van der Waals surface area contributed by atoms with Crippen LogP contribution in [0, 0.1) is 34.5 Å². The molecule has 4 N–H and O–H groups in total. The Kier molecular flexibility index (Phi) is 14.7. The molecule has 3 saturated carbocycles. The van der Waals surface area contributed by atoms with Crippen molar-refractivity contribution in [1.82, 2.24) is 0 Å². The SMILES string of the molecule is CCCCCCCCCCCCCCCC(=O)OC(CCC(C)(C)O)[C@@H](C)[C@H]1CC[C@@]2(O)C3=CC(=O)[C@@H]4C[C@@H](O)[C@@H](O)C[C@]4(C)[C@H]3CC[C@]12C. The van der Waals surface area contributed by atoms with Crippen molar-refractivity contribution in [2.75, 3.05) is 0 Å². The number of rotatable bonds is 20. The Morgan fingerprint density at radius 1 is 0.900 bits per heavy atom. The van der Waals surface area contributed by atoms with E-state index in [4.69, 9.17) is 4.74 Å². The minimum Gasteiger partial charge on any atom is -0.462 e. The smallest absolute Gasteiger partial charge is 0.306 e. The van der Waals surface area contributed by atoms with Gasteiger partial charge in [-0.25, -0.2) is 0 Å². The molecule has 288 valence electrons. The molecule has 4 rings (SSSR count). The summed E-state index contributed by atoms with van der Waals surface area (Å²) >= 11 is 0. The molecule has 10 atom stereocenters. The van der Waals surface area contributed by atoms with Gasteiger partial charge in [0.1, 0.15) is 6.10 Å². The molecule has 0 aliphatic heterocycles. The van der Waals surface area contributed by atoms with Gasteiger partial charge in [-0.05, 0) is 106 Å². The van der Waals surface area contributed by atoms with Gasteiger partial charge in [0.2, 0.25) is 0 Å². The van der Waals surface area contributed by atoms with E-state index in [1.54, 1.807) is 19.9 Å². The minimum absolute atomic E-state index is 0.0244. The number of carbonyl (C=O) groups excluding carboxylic acids is 2. The lowest BCUT2D eigenvalue weighted by Gasteiger charge is -2.60. The first-order chi connectivity index (χ1) is 23.6. The number of ketones is 1. The number of unbranched alkanes of at least 4 members (excludes halogenated alkanes) is 12. The Bertz CT molecular complexity index is 1140. The summed E-state index contributed by atoms with van der Waals surface area (Å²) in [5, 5.41) is 44.3. The number of carbonyl (C=O) groups is 2. The van der Waals surface area contributed by atoms with E-state index >= 15 is 0 Å². The van der Waals surface area contributed by atoms with Gasteiger partial charge >= 0.3 is 5.97 Å². The van der Waals surface area contributed by atoms with E-state index in [-0.39, 0.29) is 47.9 Å². The van der Waals surface area contributed by atoms with Crippen molar-refractivity contribution in [2.45, 2.75) is 212 Å². The minimum atomic E-state index is -1.15. The normalized spacial score (nSPS) is 35.1. The van der Waals surface area contributed by atoms with E-state index in [2.05, 4.69) is 27.7 Å². The molecule has 4 aliphatic carbocycles. The van der Waals surface area contributed by atoms with Crippen molar-refractivity contribution in [1.29, 1.82) is 0 Å². The molecule has 3 fully saturated rings. The summed E-state index contributed by atoms with van der Waals surface area (Å²) in [5.41, 5.74) is -2.22. The summed E-state index contributed by atoms with van der Waals surface area (Å²) in [6.45, 7) is 12.2. The highest BCUT2D eigenvalue weighted by Crippen LogP contribution is 2.68. The molecule has 7 nitrogen and oxygen atoms in total. The summed E-state index contributed by atoms with van der Waals surface area (Å²) in [4.78, 5) is 26.8. The highest BCUT2D eigenvalue weighted by atomic mass is 16.5. The molecule has 50 heavy (non-hydrogen) atoms. The highest BCUT2D eigenvalue weighted by Gasteiger charge is 2.67. The second-order valence-electron chi connectivity index (χ2n) is 18.4. The molecule has 0 aromatic rings. The van der Waals surface area contributed by atoms with Crippen LogP contribution in [-0.2, 0) is 14.3 Å². The quantitative estimate of drug-likeness (QED) is 0.0739. The number of aliphatic hydroxyl groups excluding tert-OH is 2. The van der Waals surface area contributed by atoms with Gasteiger partial charge in [0.05, 0.1) is 23.4 Å². The molecule has 7 heteroatoms. The van der Waals surface area contributed by atoms with Crippen molar-refractivity contribution in [3.05, 3.63) is 11.6 Å². The van der Waals surface area contributed by atoms with Crippen LogP contribution in [0.25, 0.3) is 0 Å². The predicted octanol–water partition coefficient (Wildman–Crippen LogP) is 8.77. The van der Waals surface area contributed by atoms with Crippen LogP contribution in [0.1, 0.15) is 183 Å². The zero-order valence-electron chi connectivity index (χ0n) is 32.7. The number of aliphatic hydroxyl groups is 4. The standard InChI is InChI=1S/C43H74O7/c1-7-8-9-10-11-12-13-14-15-16-17-18-19-20-39(47)50-38(23-24-40(3,4)48)30(2)31-22-26-43(49)33-27-35(44)34-28-36(45)37(46)29-41(34,5)32(33)21-25-42(31,43)6/h27,30-32,34,36-38,45-46,48-49H,7-26,28-29H2,1-6H3/t30-,31+,32-,34-,36+,37-,38?,41+,42+,43+/m0/s1. The van der Waals surface area contributed by atoms with Gasteiger partial charge in [0, 0.05) is 17.8 Å². The van der Waals surface area contributed by atoms with E-state index in [9.17, 15) is 30.0 Å². The molecular formula is C43H74O7. The van der Waals surface area contributed by atoms with Gasteiger partial charge in [-0.1, -0.05) is 105 Å². The number of hydrogen-bond donors (Lipinski definition) is 4. The van der Waals surface area contributed by atoms with Crippen LogP contribution in [0.2, 0.25) is 0 Å². The second-order valence-corrected chi connectivity index (χ2v) is 18.4. The van der Waals surface area contributed by atoms with Gasteiger partial charge in [0.25, 0.3) is 0 Å². The Labute approximate surface area is 304 Å². The molecule has 0 aromatic heterocycles. The van der Waals surface area contributed by atoms with Crippen LogP contribution in [0.4, 0.5) is 0 Å². The van der Waals surface area contributed by atoms with Crippen molar-refractivity contribution in [2.24, 2.45) is 34.5 Å². The molecule has 0 aromatic carbocycles. The maximum absolute atomic E-state index is 13.6. The molecule has 0 bridgehead atoms. The highest BCUT2D eigenvalue weighted by molar-refractivity contribution is 5.95. The van der Waals surface area contributed by atoms with Crippen LogP contribution < -0.4 is 0 Å². The van der Waals surface area contributed by atoms with Gasteiger partial charge in [-0.15, -0.1) is 0 Å². The second kappa shape index (κ2) is 17.7. The van der Waals surface area contributed by atoms with Crippen molar-refractivity contribution in [3.8, 4) is 0 Å². The molecule has 0 radical (unpaired) electrons. The van der Waals surface area contributed by atoms with Crippen LogP contribution in [-0.4, -0.2) is 61.7 Å². The topological polar surface area (TPSA) is 124 Å². The molecular weight excluding hydrogens is 628 g/mol. The lowest BCUT2D eigenvalue weighted by atomic mass is 9.46. The van der Waals surface area contributed by atoms with Crippen molar-refractivity contribution < 1.29 is 34.8 Å². The Balaban J connectivity index is 1.33. The summed E-state index contributed by atoms with van der Waals surface area (Å²) in [5.74, 6) is -0.532. The van der Waals surface area contributed by atoms with Gasteiger partial charge in [0.15, 0.2) is 5.78 Å². The lowest BCUT2D eigenvalue weighted by molar-refractivity contribution is -0.162. The zero-order chi connectivity index (χ0) is 36.7. The van der Waals surface area contributed by atoms with E-state index in [1.807, 2.05) is 0 Å². The van der Waals surface area contributed by atoms with Crippen molar-refractivity contribution in [3.63, 3.8) is 0 Å². The molecule has 4 aliphatic rings. The number of fused-ring (bicyclic) bond motifs is 5.